The van der Waals surface area contributed by atoms with Crippen LogP contribution in [0, 0.1) is 29.6 Å². The quantitative estimate of drug-likeness (QED) is 0.535. The highest BCUT2D eigenvalue weighted by atomic mass is 16.5. The van der Waals surface area contributed by atoms with E-state index >= 15 is 0 Å². The third-order valence-electron chi connectivity index (χ3n) is 9.18. The molecular formula is C32H31NO3. The van der Waals surface area contributed by atoms with Gasteiger partial charge < -0.3 is 10.1 Å². The first-order valence-corrected chi connectivity index (χ1v) is 13.4. The maximum atomic E-state index is 13.9. The summed E-state index contributed by atoms with van der Waals surface area (Å²) < 4.78 is 6.38. The number of carbonyl (C=O) groups is 2. The highest BCUT2D eigenvalue weighted by molar-refractivity contribution is 6.22. The first-order chi connectivity index (χ1) is 17.6. The van der Waals surface area contributed by atoms with Crippen molar-refractivity contribution in [1.82, 2.24) is 5.32 Å². The van der Waals surface area contributed by atoms with Crippen LogP contribution in [-0.4, -0.2) is 17.9 Å². The summed E-state index contributed by atoms with van der Waals surface area (Å²) in [5.41, 5.74) is 5.44. The molecule has 6 aliphatic rings. The number of Topliss-reactive ketones (excluding diaryl/α,β-unsaturated/α-hetero) is 1. The summed E-state index contributed by atoms with van der Waals surface area (Å²) in [5.74, 6) is 1.90. The number of esters is 1. The van der Waals surface area contributed by atoms with Crippen LogP contribution in [0.5, 0.6) is 0 Å². The molecule has 0 radical (unpaired) electrons. The molecule has 4 heteroatoms. The minimum absolute atomic E-state index is 0.0104. The van der Waals surface area contributed by atoms with Crippen LogP contribution in [0.1, 0.15) is 60.5 Å². The van der Waals surface area contributed by atoms with Gasteiger partial charge in [0.1, 0.15) is 6.10 Å². The average molecular weight is 478 g/mol. The van der Waals surface area contributed by atoms with E-state index < -0.39 is 5.92 Å². The van der Waals surface area contributed by atoms with Crippen LogP contribution in [0.25, 0.3) is 11.8 Å². The van der Waals surface area contributed by atoms with Crippen LogP contribution in [0.4, 0.5) is 0 Å². The van der Waals surface area contributed by atoms with E-state index in [2.05, 4.69) is 5.32 Å². The van der Waals surface area contributed by atoms with Crippen LogP contribution < -0.4 is 5.32 Å². The Bertz CT molecular complexity index is 1320. The molecule has 0 unspecified atom stereocenters. The molecule has 4 saturated carbocycles. The second-order valence-electron chi connectivity index (χ2n) is 11.4. The summed E-state index contributed by atoms with van der Waals surface area (Å²) in [5, 5.41) is 3.43. The molecule has 182 valence electrons. The van der Waals surface area contributed by atoms with Crippen molar-refractivity contribution in [2.75, 3.05) is 0 Å². The Hall–Kier alpha value is -3.40. The first-order valence-electron chi connectivity index (χ1n) is 13.4. The number of dihydropyridines is 1. The molecule has 0 amide bonds. The number of ether oxygens (including phenoxy) is 1. The van der Waals surface area contributed by atoms with Crippen molar-refractivity contribution in [3.8, 4) is 0 Å². The highest BCUT2D eigenvalue weighted by Gasteiger charge is 2.51. The maximum absolute atomic E-state index is 13.9. The van der Waals surface area contributed by atoms with Crippen molar-refractivity contribution in [3.05, 3.63) is 94.2 Å². The van der Waals surface area contributed by atoms with E-state index in [1.54, 1.807) is 0 Å². The second-order valence-corrected chi connectivity index (χ2v) is 11.4. The summed E-state index contributed by atoms with van der Waals surface area (Å²) in [6, 6.07) is 17.7. The number of carbonyl (C=O) groups excluding carboxylic acids is 2. The van der Waals surface area contributed by atoms with E-state index in [4.69, 9.17) is 4.74 Å². The van der Waals surface area contributed by atoms with Gasteiger partial charge in [0.2, 0.25) is 0 Å². The number of allylic oxidation sites excluding steroid dienone is 3. The fraction of sp³-hybridized carbons (Fsp3) is 0.375. The topological polar surface area (TPSA) is 55.4 Å². The Morgan fingerprint density at radius 1 is 0.889 bits per heavy atom. The van der Waals surface area contributed by atoms with Gasteiger partial charge in [-0.05, 0) is 68.3 Å². The molecule has 4 bridgehead atoms. The lowest BCUT2D eigenvalue weighted by atomic mass is 9.55. The molecule has 1 heterocycles. The number of fused-ring (bicyclic) bond motifs is 2. The van der Waals surface area contributed by atoms with Crippen LogP contribution in [0.2, 0.25) is 0 Å². The molecule has 4 fully saturated rings. The molecule has 8 rings (SSSR count). The molecule has 1 atom stereocenters. The number of hydrogen-bond acceptors (Lipinski definition) is 4. The van der Waals surface area contributed by atoms with Gasteiger partial charge in [0.25, 0.3) is 0 Å². The van der Waals surface area contributed by atoms with Crippen molar-refractivity contribution in [3.63, 3.8) is 0 Å². The van der Waals surface area contributed by atoms with E-state index in [1.165, 1.54) is 32.1 Å². The minimum atomic E-state index is -0.453. The summed E-state index contributed by atoms with van der Waals surface area (Å²) in [6.07, 6.45) is 10.2. The van der Waals surface area contributed by atoms with E-state index in [9.17, 15) is 9.59 Å². The predicted molar refractivity (Wildman–Crippen MR) is 139 cm³/mol. The zero-order chi connectivity index (χ0) is 24.4. The number of ketones is 1. The Kier molecular flexibility index (Phi) is 5.06. The third-order valence-corrected chi connectivity index (χ3v) is 9.18. The lowest BCUT2D eigenvalue weighted by Crippen LogP contribution is -2.50. The lowest BCUT2D eigenvalue weighted by Gasteiger charge is -2.53. The monoisotopic (exact) mass is 477 g/mol. The van der Waals surface area contributed by atoms with Gasteiger partial charge in [-0.15, -0.1) is 0 Å². The molecule has 1 N–H and O–H groups in total. The fourth-order valence-corrected chi connectivity index (χ4v) is 7.87. The van der Waals surface area contributed by atoms with E-state index in [1.807, 2.05) is 73.7 Å². The number of benzene rings is 2. The molecule has 36 heavy (non-hydrogen) atoms. The van der Waals surface area contributed by atoms with Crippen LogP contribution >= 0.6 is 0 Å². The van der Waals surface area contributed by atoms with Gasteiger partial charge >= 0.3 is 5.97 Å². The zero-order valence-corrected chi connectivity index (χ0v) is 20.6. The average Bonchev–Trinajstić information content (AvgIpc) is 3.16. The maximum Gasteiger partial charge on any atom is 0.337 e. The van der Waals surface area contributed by atoms with Gasteiger partial charge in [0, 0.05) is 28.3 Å². The molecule has 4 nitrogen and oxygen atoms in total. The minimum Gasteiger partial charge on any atom is -0.458 e. The largest absolute Gasteiger partial charge is 0.458 e. The Morgan fingerprint density at radius 2 is 1.53 bits per heavy atom. The van der Waals surface area contributed by atoms with Gasteiger partial charge in [-0.1, -0.05) is 66.7 Å². The van der Waals surface area contributed by atoms with Crippen molar-refractivity contribution < 1.29 is 14.3 Å². The van der Waals surface area contributed by atoms with Gasteiger partial charge in [0.05, 0.1) is 11.3 Å². The van der Waals surface area contributed by atoms with Crippen molar-refractivity contribution >= 4 is 23.5 Å². The van der Waals surface area contributed by atoms with Crippen LogP contribution in [-0.2, 0) is 9.53 Å². The van der Waals surface area contributed by atoms with E-state index in [-0.39, 0.29) is 17.9 Å². The number of nitrogens with one attached hydrogen (secondary N) is 1. The van der Waals surface area contributed by atoms with Crippen LogP contribution in [0.3, 0.4) is 0 Å². The molecule has 2 aromatic rings. The normalized spacial score (nSPS) is 32.1. The first kappa shape index (κ1) is 21.8. The van der Waals surface area contributed by atoms with Crippen LogP contribution in [0.15, 0.2) is 77.5 Å². The Balaban J connectivity index is 1.24. The number of hydrogen-bond donors (Lipinski definition) is 1. The summed E-state index contributed by atoms with van der Waals surface area (Å²) >= 11 is 0. The predicted octanol–water partition coefficient (Wildman–Crippen LogP) is 6.17. The summed E-state index contributed by atoms with van der Waals surface area (Å²) in [7, 11) is 0. The highest BCUT2D eigenvalue weighted by Crippen LogP contribution is 2.55. The molecule has 0 aromatic heterocycles. The lowest BCUT2D eigenvalue weighted by molar-refractivity contribution is -0.166. The van der Waals surface area contributed by atoms with Gasteiger partial charge in [-0.2, -0.15) is 0 Å². The third kappa shape index (κ3) is 3.42. The standard InChI is InChI=1S/C32H31NO3/c1-18-27(32(35)36-31-22-14-20-13-21(16-22)17-23(31)15-20)26(12-11-19-7-3-2-4-8-19)28-29(33-18)24-9-5-6-10-25(24)30(28)34/h2-12,20-23,26,31,33H,13-17H2,1H3/b12-11+/t20?,21?,22?,23?,26-,31?/m0/s1. The smallest absolute Gasteiger partial charge is 0.337 e. The summed E-state index contributed by atoms with van der Waals surface area (Å²) in [6.45, 7) is 1.94. The Labute approximate surface area is 212 Å². The van der Waals surface area contributed by atoms with Gasteiger partial charge in [-0.3, -0.25) is 4.79 Å². The second kappa shape index (κ2) is 8.33. The fourth-order valence-electron chi connectivity index (χ4n) is 7.87. The molecular weight excluding hydrogens is 446 g/mol. The number of rotatable bonds is 4. The van der Waals surface area contributed by atoms with Gasteiger partial charge in [-0.25, -0.2) is 4.79 Å². The van der Waals surface area contributed by atoms with E-state index in [0.29, 0.717) is 28.5 Å². The Morgan fingerprint density at radius 3 is 2.22 bits per heavy atom. The summed E-state index contributed by atoms with van der Waals surface area (Å²) in [4.78, 5) is 27.5. The molecule has 2 aromatic carbocycles. The van der Waals surface area contributed by atoms with Crippen molar-refractivity contribution in [1.29, 1.82) is 0 Å². The molecule has 5 aliphatic carbocycles. The molecule has 0 saturated heterocycles. The SMILES string of the molecule is CC1=C(C(=O)OC2C3CC4CC(C3)CC2C4)[C@H](/C=C/c2ccccc2)C2=C(N1)c1ccccc1C2=O. The van der Waals surface area contributed by atoms with Crippen molar-refractivity contribution in [2.24, 2.45) is 29.6 Å². The molecule has 0 spiro atoms. The van der Waals surface area contributed by atoms with Crippen molar-refractivity contribution in [2.45, 2.75) is 45.1 Å². The van der Waals surface area contributed by atoms with Gasteiger partial charge in [0.15, 0.2) is 5.78 Å². The zero-order valence-electron chi connectivity index (χ0n) is 20.6. The molecule has 1 aliphatic heterocycles. The van der Waals surface area contributed by atoms with E-state index in [0.717, 1.165) is 34.4 Å².